The Morgan fingerprint density at radius 1 is 0.652 bits per heavy atom. The van der Waals surface area contributed by atoms with Crippen LogP contribution in [0.25, 0.3) is 0 Å². The number of unbranched alkanes of at least 4 members (excludes halogenated alkanes) is 1. The Balaban J connectivity index is 2.02. The average Bonchev–Trinajstić information content (AvgIpc) is 2.62. The van der Waals surface area contributed by atoms with Crippen molar-refractivity contribution in [3.05, 3.63) is 90.5 Å². The normalized spacial score (nSPS) is 10.5. The van der Waals surface area contributed by atoms with Crippen LogP contribution < -0.4 is 16.4 Å². The molecule has 114 valence electrons. The molecule has 0 N–H and O–H groups in total. The Morgan fingerprint density at radius 3 is 1.78 bits per heavy atom. The van der Waals surface area contributed by atoms with Crippen LogP contribution in [-0.2, 0) is 6.42 Å². The highest BCUT2D eigenvalue weighted by molar-refractivity contribution is 6.95. The van der Waals surface area contributed by atoms with Crippen molar-refractivity contribution in [3.63, 3.8) is 0 Å². The quantitative estimate of drug-likeness (QED) is 0.611. The van der Waals surface area contributed by atoms with Gasteiger partial charge in [-0.1, -0.05) is 115 Å². The second-order valence-electron chi connectivity index (χ2n) is 6.10. The topological polar surface area (TPSA) is 0 Å². The van der Waals surface area contributed by atoms with Crippen LogP contribution in [0, 0.1) is 0 Å². The molecular weight excluding hydrogens is 275 g/mol. The highest BCUT2D eigenvalue weighted by Crippen LogP contribution is 2.04. The zero-order valence-electron chi connectivity index (χ0n) is 13.8. The second-order valence-corrected chi connectivity index (χ2v) is 6.10. The summed E-state index contributed by atoms with van der Waals surface area (Å²) in [5.74, 6) is 0. The first-order valence-electron chi connectivity index (χ1n) is 8.57. The smallest absolute Gasteiger partial charge is 0.0687 e. The van der Waals surface area contributed by atoms with Crippen LogP contribution >= 0.6 is 0 Å². The van der Waals surface area contributed by atoms with Gasteiger partial charge in [0.25, 0.3) is 0 Å². The van der Waals surface area contributed by atoms with Gasteiger partial charge in [-0.2, -0.15) is 0 Å². The first-order valence-corrected chi connectivity index (χ1v) is 8.57. The summed E-state index contributed by atoms with van der Waals surface area (Å²) in [5.41, 5.74) is 5.54. The number of aryl methyl sites for hydroxylation is 1. The zero-order chi connectivity index (χ0) is 15.9. The van der Waals surface area contributed by atoms with Crippen LogP contribution in [0.2, 0.25) is 0 Å². The minimum Gasteiger partial charge on any atom is -0.0687 e. The molecule has 3 rings (SSSR count). The molecule has 0 aromatic heterocycles. The largest absolute Gasteiger partial charge is 0.241 e. The fourth-order valence-corrected chi connectivity index (χ4v) is 3.18. The Morgan fingerprint density at radius 2 is 1.22 bits per heavy atom. The summed E-state index contributed by atoms with van der Waals surface area (Å²) < 4.78 is 0. The molecule has 3 aromatic rings. The molecule has 1 heteroatoms. The maximum absolute atomic E-state index is 2.39. The van der Waals surface area contributed by atoms with Crippen LogP contribution in [0.5, 0.6) is 0 Å². The summed E-state index contributed by atoms with van der Waals surface area (Å²) in [6.45, 7) is 2.56. The Labute approximate surface area is 140 Å². The predicted octanol–water partition coefficient (Wildman–Crippen LogP) is 3.55. The summed E-state index contributed by atoms with van der Waals surface area (Å²) in [6.07, 6.45) is 3.66. The second kappa shape index (κ2) is 7.83. The first-order chi connectivity index (χ1) is 11.4. The lowest BCUT2D eigenvalue weighted by Crippen LogP contribution is -2.51. The zero-order valence-corrected chi connectivity index (χ0v) is 13.8. The number of benzene rings is 3. The van der Waals surface area contributed by atoms with E-state index in [1.807, 2.05) is 0 Å². The lowest BCUT2D eigenvalue weighted by Gasteiger charge is -2.16. The van der Waals surface area contributed by atoms with Gasteiger partial charge >= 0.3 is 0 Å². The van der Waals surface area contributed by atoms with Crippen molar-refractivity contribution in [1.29, 1.82) is 0 Å². The monoisotopic (exact) mass is 298 g/mol. The van der Waals surface area contributed by atoms with E-state index in [9.17, 15) is 0 Å². The van der Waals surface area contributed by atoms with Gasteiger partial charge in [-0.25, -0.2) is 0 Å². The number of rotatable bonds is 6. The molecule has 0 radical (unpaired) electrons. The molecule has 0 nitrogen and oxygen atoms in total. The van der Waals surface area contributed by atoms with Gasteiger partial charge in [-0.3, -0.25) is 0 Å². The maximum atomic E-state index is 2.39. The van der Waals surface area contributed by atoms with E-state index in [-0.39, 0.29) is 0 Å². The molecule has 0 amide bonds. The first kappa shape index (κ1) is 15.6. The fraction of sp³-hybridized carbons (Fsp3) is 0.182. The van der Waals surface area contributed by atoms with Gasteiger partial charge < -0.3 is 0 Å². The third kappa shape index (κ3) is 3.93. The number of hydrogen-bond donors (Lipinski definition) is 0. The molecule has 0 fully saturated rings. The molecule has 23 heavy (non-hydrogen) atoms. The minimum atomic E-state index is 0.305. The van der Waals surface area contributed by atoms with E-state index in [0.29, 0.717) is 6.71 Å². The molecule has 0 heterocycles. The average molecular weight is 298 g/mol. The van der Waals surface area contributed by atoms with Gasteiger partial charge in [0.15, 0.2) is 0 Å². The van der Waals surface area contributed by atoms with Gasteiger partial charge in [0, 0.05) is 0 Å². The summed E-state index contributed by atoms with van der Waals surface area (Å²) in [4.78, 5) is 0. The molecule has 0 aliphatic carbocycles. The van der Waals surface area contributed by atoms with Crippen LogP contribution in [0.1, 0.15) is 25.3 Å². The van der Waals surface area contributed by atoms with E-state index in [4.69, 9.17) is 0 Å². The summed E-state index contributed by atoms with van der Waals surface area (Å²) in [6, 6.07) is 30.7. The predicted molar refractivity (Wildman–Crippen MR) is 103 cm³/mol. The molecule has 0 atom stereocenters. The lowest BCUT2D eigenvalue weighted by molar-refractivity contribution is 0.795. The van der Waals surface area contributed by atoms with E-state index >= 15 is 0 Å². The van der Waals surface area contributed by atoms with Crippen molar-refractivity contribution >= 4 is 23.1 Å². The van der Waals surface area contributed by atoms with Crippen molar-refractivity contribution in [1.82, 2.24) is 0 Å². The lowest BCUT2D eigenvalue weighted by atomic mass is 9.37. The third-order valence-electron chi connectivity index (χ3n) is 4.37. The molecule has 0 bridgehead atoms. The van der Waals surface area contributed by atoms with Crippen LogP contribution in [0.15, 0.2) is 84.9 Å². The van der Waals surface area contributed by atoms with Crippen molar-refractivity contribution in [3.8, 4) is 0 Å². The molecular formula is C22H23B. The maximum Gasteiger partial charge on any atom is 0.241 e. The SMILES string of the molecule is CCCCc1cccc(B(c2ccccc2)c2ccccc2)c1. The Kier molecular flexibility index (Phi) is 5.31. The van der Waals surface area contributed by atoms with Crippen LogP contribution in [0.3, 0.4) is 0 Å². The van der Waals surface area contributed by atoms with E-state index < -0.39 is 0 Å². The van der Waals surface area contributed by atoms with Crippen LogP contribution in [0.4, 0.5) is 0 Å². The van der Waals surface area contributed by atoms with Crippen molar-refractivity contribution in [2.45, 2.75) is 26.2 Å². The summed E-state index contributed by atoms with van der Waals surface area (Å²) in [7, 11) is 0. The summed E-state index contributed by atoms with van der Waals surface area (Å²) in [5, 5.41) is 0. The number of hydrogen-bond acceptors (Lipinski definition) is 0. The molecule has 0 saturated carbocycles. The van der Waals surface area contributed by atoms with E-state index in [0.717, 1.165) is 0 Å². The van der Waals surface area contributed by atoms with E-state index in [1.165, 1.54) is 41.2 Å². The Bertz CT molecular complexity index is 680. The van der Waals surface area contributed by atoms with E-state index in [1.54, 1.807) is 0 Å². The molecule has 0 aliphatic heterocycles. The molecule has 0 spiro atoms. The van der Waals surface area contributed by atoms with Crippen LogP contribution in [-0.4, -0.2) is 6.71 Å². The fourth-order valence-electron chi connectivity index (χ4n) is 3.18. The van der Waals surface area contributed by atoms with Gasteiger partial charge in [-0.05, 0) is 18.4 Å². The standard InChI is InChI=1S/C22H23B/c1-2-3-11-19-12-10-17-22(18-19)23(20-13-6-4-7-14-20)21-15-8-5-9-16-21/h4-10,12-18H,2-3,11H2,1H3. The summed E-state index contributed by atoms with van der Waals surface area (Å²) >= 11 is 0. The molecule has 0 unspecified atom stereocenters. The van der Waals surface area contributed by atoms with Crippen molar-refractivity contribution in [2.75, 3.05) is 0 Å². The molecule has 0 aliphatic rings. The minimum absolute atomic E-state index is 0.305. The third-order valence-corrected chi connectivity index (χ3v) is 4.37. The van der Waals surface area contributed by atoms with Crippen molar-refractivity contribution < 1.29 is 0 Å². The van der Waals surface area contributed by atoms with E-state index in [2.05, 4.69) is 91.9 Å². The molecule has 0 saturated heterocycles. The van der Waals surface area contributed by atoms with Gasteiger partial charge in [0.1, 0.15) is 0 Å². The van der Waals surface area contributed by atoms with Gasteiger partial charge in [-0.15, -0.1) is 0 Å². The Hall–Kier alpha value is -2.28. The van der Waals surface area contributed by atoms with Gasteiger partial charge in [0.2, 0.25) is 6.71 Å². The molecule has 3 aromatic carbocycles. The van der Waals surface area contributed by atoms with Gasteiger partial charge in [0.05, 0.1) is 0 Å². The highest BCUT2D eigenvalue weighted by atomic mass is 14.0. The highest BCUT2D eigenvalue weighted by Gasteiger charge is 2.21. The van der Waals surface area contributed by atoms with Crippen molar-refractivity contribution in [2.24, 2.45) is 0 Å².